The van der Waals surface area contributed by atoms with Crippen molar-refractivity contribution in [2.75, 3.05) is 5.32 Å². The van der Waals surface area contributed by atoms with Gasteiger partial charge in [-0.1, -0.05) is 11.6 Å². The number of nitrogens with one attached hydrogen (secondary N) is 1. The first-order valence-electron chi connectivity index (χ1n) is 11.4. The monoisotopic (exact) mass is 502 g/mol. The predicted molar refractivity (Wildman–Crippen MR) is 124 cm³/mol. The highest BCUT2D eigenvalue weighted by Gasteiger charge is 2.46. The molecule has 2 aliphatic rings. The number of aryl methyl sites for hydroxylation is 2. The maximum absolute atomic E-state index is 12.9. The number of alkyl halides is 3. The van der Waals surface area contributed by atoms with Crippen molar-refractivity contribution in [1.29, 1.82) is 0 Å². The maximum Gasteiger partial charge on any atom is 0.389 e. The normalized spacial score (nSPS) is 16.1. The molecule has 0 atom stereocenters. The van der Waals surface area contributed by atoms with Gasteiger partial charge in [-0.3, -0.25) is 4.68 Å². The van der Waals surface area contributed by atoms with Gasteiger partial charge in [0.05, 0.1) is 28.9 Å². The first-order chi connectivity index (χ1) is 16.7. The van der Waals surface area contributed by atoms with Crippen molar-refractivity contribution in [3.8, 4) is 22.6 Å². The molecule has 0 bridgehead atoms. The quantitative estimate of drug-likeness (QED) is 0.399. The van der Waals surface area contributed by atoms with Crippen LogP contribution in [-0.2, 0) is 25.6 Å². The number of aromatic nitrogens is 7. The van der Waals surface area contributed by atoms with E-state index in [1.165, 1.54) is 0 Å². The third kappa shape index (κ3) is 3.78. The van der Waals surface area contributed by atoms with E-state index in [0.29, 0.717) is 29.0 Å². The molecule has 35 heavy (non-hydrogen) atoms. The average Bonchev–Trinajstić information content (AvgIpc) is 3.49. The molecule has 1 N–H and O–H groups in total. The van der Waals surface area contributed by atoms with Crippen LogP contribution in [0.5, 0.6) is 0 Å². The molecule has 1 fully saturated rings. The van der Waals surface area contributed by atoms with E-state index in [2.05, 4.69) is 30.2 Å². The van der Waals surface area contributed by atoms with Crippen molar-refractivity contribution in [3.05, 3.63) is 47.6 Å². The van der Waals surface area contributed by atoms with E-state index in [-0.39, 0.29) is 12.0 Å². The Morgan fingerprint density at radius 2 is 2.03 bits per heavy atom. The summed E-state index contributed by atoms with van der Waals surface area (Å²) in [5.41, 5.74) is 2.21. The van der Waals surface area contributed by atoms with Gasteiger partial charge in [-0.05, 0) is 31.4 Å². The predicted octanol–water partition coefficient (Wildman–Crippen LogP) is 5.33. The second kappa shape index (κ2) is 7.84. The van der Waals surface area contributed by atoms with Gasteiger partial charge < -0.3 is 14.5 Å². The van der Waals surface area contributed by atoms with Crippen LogP contribution >= 0.6 is 11.6 Å². The molecule has 0 saturated heterocycles. The minimum atomic E-state index is -4.24. The van der Waals surface area contributed by atoms with Crippen molar-refractivity contribution in [2.24, 2.45) is 7.05 Å². The summed E-state index contributed by atoms with van der Waals surface area (Å²) in [7, 11) is 1.83. The Bertz CT molecular complexity index is 1410. The highest BCUT2D eigenvalue weighted by Crippen LogP contribution is 2.48. The first-order valence-corrected chi connectivity index (χ1v) is 11.7. The molecule has 0 amide bonds. The Balaban J connectivity index is 1.38. The Labute approximate surface area is 203 Å². The standard InChI is InChI=1S/C23H22ClF3N8/c1-33-19(4-8-29-33)30-18-10-15(16(24)11-28-18)14-9-17-21-32-31-20(3-7-23(25,26)27)35(21)22(5-2-6-22)13-34(17)12-14/h4,8-12H,2-3,5-7,13H2,1H3,(H,28,30). The Morgan fingerprint density at radius 1 is 1.20 bits per heavy atom. The van der Waals surface area contributed by atoms with Crippen LogP contribution < -0.4 is 5.32 Å². The van der Waals surface area contributed by atoms with Crippen LogP contribution in [0.2, 0.25) is 5.02 Å². The molecule has 1 aliphatic heterocycles. The fraction of sp³-hybridized carbons (Fsp3) is 0.391. The number of rotatable bonds is 5. The minimum absolute atomic E-state index is 0.176. The molecule has 6 rings (SSSR count). The Hall–Kier alpha value is -3.34. The molecule has 0 radical (unpaired) electrons. The van der Waals surface area contributed by atoms with Gasteiger partial charge in [0.2, 0.25) is 0 Å². The summed E-state index contributed by atoms with van der Waals surface area (Å²) in [6.07, 6.45) is 2.79. The second-order valence-electron chi connectivity index (χ2n) is 9.22. The summed E-state index contributed by atoms with van der Waals surface area (Å²) < 4.78 is 44.5. The van der Waals surface area contributed by atoms with Crippen molar-refractivity contribution in [3.63, 3.8) is 0 Å². The third-order valence-electron chi connectivity index (χ3n) is 6.95. The van der Waals surface area contributed by atoms with Crippen LogP contribution in [-0.4, -0.2) is 40.3 Å². The molecule has 0 aromatic carbocycles. The van der Waals surface area contributed by atoms with Gasteiger partial charge >= 0.3 is 6.18 Å². The first kappa shape index (κ1) is 22.1. The fourth-order valence-corrected chi connectivity index (χ4v) is 5.30. The molecule has 1 spiro atoms. The number of nitrogens with zero attached hydrogens (tertiary/aromatic N) is 7. The van der Waals surface area contributed by atoms with Crippen molar-refractivity contribution in [1.82, 2.24) is 34.1 Å². The van der Waals surface area contributed by atoms with Gasteiger partial charge in [-0.2, -0.15) is 18.3 Å². The van der Waals surface area contributed by atoms with Gasteiger partial charge in [0.25, 0.3) is 0 Å². The lowest BCUT2D eigenvalue weighted by molar-refractivity contribution is -0.134. The van der Waals surface area contributed by atoms with Crippen molar-refractivity contribution >= 4 is 23.2 Å². The molecule has 1 saturated carbocycles. The molecule has 4 aromatic rings. The molecule has 1 aliphatic carbocycles. The van der Waals surface area contributed by atoms with Gasteiger partial charge in [0.15, 0.2) is 5.82 Å². The summed E-state index contributed by atoms with van der Waals surface area (Å²) >= 11 is 6.53. The smallest absolute Gasteiger partial charge is 0.342 e. The fourth-order valence-electron chi connectivity index (χ4n) is 5.08. The maximum atomic E-state index is 12.9. The van der Waals surface area contributed by atoms with Crippen molar-refractivity contribution < 1.29 is 13.2 Å². The summed E-state index contributed by atoms with van der Waals surface area (Å²) in [6, 6.07) is 5.68. The van der Waals surface area contributed by atoms with E-state index in [0.717, 1.165) is 41.9 Å². The number of halogens is 4. The lowest BCUT2D eigenvalue weighted by Crippen LogP contribution is -2.47. The number of pyridine rings is 1. The zero-order chi connectivity index (χ0) is 24.4. The van der Waals surface area contributed by atoms with E-state index < -0.39 is 12.6 Å². The summed E-state index contributed by atoms with van der Waals surface area (Å²) in [6.45, 7) is 0.662. The Kier molecular flexibility index (Phi) is 4.96. The largest absolute Gasteiger partial charge is 0.389 e. The number of hydrogen-bond acceptors (Lipinski definition) is 5. The van der Waals surface area contributed by atoms with Gasteiger partial charge in [-0.25, -0.2) is 4.98 Å². The molecule has 5 heterocycles. The summed E-state index contributed by atoms with van der Waals surface area (Å²) in [5, 5.41) is 16.4. The summed E-state index contributed by atoms with van der Waals surface area (Å²) in [4.78, 5) is 4.38. The second-order valence-corrected chi connectivity index (χ2v) is 9.63. The van der Waals surface area contributed by atoms with E-state index in [1.807, 2.05) is 36.0 Å². The highest BCUT2D eigenvalue weighted by molar-refractivity contribution is 6.33. The van der Waals surface area contributed by atoms with Gasteiger partial charge in [0.1, 0.15) is 17.5 Å². The lowest BCUT2D eigenvalue weighted by atomic mass is 9.75. The molecule has 8 nitrogen and oxygen atoms in total. The number of fused-ring (bicyclic) bond motifs is 4. The zero-order valence-corrected chi connectivity index (χ0v) is 19.6. The van der Waals surface area contributed by atoms with Crippen LogP contribution in [0.3, 0.4) is 0 Å². The molecular formula is C23H22ClF3N8. The van der Waals surface area contributed by atoms with Crippen molar-refractivity contribution in [2.45, 2.75) is 50.4 Å². The van der Waals surface area contributed by atoms with Gasteiger partial charge in [-0.15, -0.1) is 10.2 Å². The molecule has 4 aromatic heterocycles. The Morgan fingerprint density at radius 3 is 2.71 bits per heavy atom. The van der Waals surface area contributed by atoms with Crippen LogP contribution in [0.25, 0.3) is 22.6 Å². The molecule has 182 valence electrons. The molecule has 0 unspecified atom stereocenters. The molecule has 12 heteroatoms. The van der Waals surface area contributed by atoms with E-state index >= 15 is 0 Å². The number of anilines is 2. The SMILES string of the molecule is Cn1nccc1Nc1cc(-c2cc3n(c2)CC2(CCC2)n2c(CCC(F)(F)F)nnc2-3)c(Cl)cn1. The average molecular weight is 503 g/mol. The highest BCUT2D eigenvalue weighted by atomic mass is 35.5. The lowest BCUT2D eigenvalue weighted by Gasteiger charge is -2.47. The third-order valence-corrected chi connectivity index (χ3v) is 7.26. The summed E-state index contributed by atoms with van der Waals surface area (Å²) in [5.74, 6) is 2.41. The van der Waals surface area contributed by atoms with E-state index in [1.54, 1.807) is 17.1 Å². The van der Waals surface area contributed by atoms with E-state index in [4.69, 9.17) is 11.6 Å². The zero-order valence-electron chi connectivity index (χ0n) is 18.8. The van der Waals surface area contributed by atoms with Crippen LogP contribution in [0, 0.1) is 0 Å². The van der Waals surface area contributed by atoms with Crippen LogP contribution in [0.15, 0.2) is 36.8 Å². The number of hydrogen-bond donors (Lipinski definition) is 1. The topological polar surface area (TPSA) is 78.4 Å². The van der Waals surface area contributed by atoms with Crippen LogP contribution in [0.1, 0.15) is 31.5 Å². The molecular weight excluding hydrogens is 481 g/mol. The minimum Gasteiger partial charge on any atom is -0.342 e. The van der Waals surface area contributed by atoms with E-state index in [9.17, 15) is 13.2 Å². The van der Waals surface area contributed by atoms with Gasteiger partial charge in [0, 0.05) is 49.6 Å². The van der Waals surface area contributed by atoms with Crippen LogP contribution in [0.4, 0.5) is 24.8 Å².